The largest absolute Gasteiger partial charge is 0.481 e. The first-order valence-electron chi connectivity index (χ1n) is 10.1. The third-order valence-electron chi connectivity index (χ3n) is 4.89. The molecule has 2 aromatic rings. The van der Waals surface area contributed by atoms with Crippen LogP contribution in [0.1, 0.15) is 39.2 Å². The van der Waals surface area contributed by atoms with E-state index in [1.807, 2.05) is 6.07 Å². The molecule has 8 nitrogen and oxygen atoms in total. The van der Waals surface area contributed by atoms with Gasteiger partial charge in [-0.3, -0.25) is 14.7 Å². The molecule has 3 heterocycles. The van der Waals surface area contributed by atoms with Crippen molar-refractivity contribution in [3.63, 3.8) is 0 Å². The van der Waals surface area contributed by atoms with Crippen LogP contribution in [0.25, 0.3) is 11.0 Å². The monoisotopic (exact) mass is 425 g/mol. The van der Waals surface area contributed by atoms with E-state index >= 15 is 0 Å². The van der Waals surface area contributed by atoms with Gasteiger partial charge in [0.05, 0.1) is 37.3 Å². The second kappa shape index (κ2) is 9.21. The van der Waals surface area contributed by atoms with E-state index in [1.54, 1.807) is 46.2 Å². The maximum atomic E-state index is 12.8. The van der Waals surface area contributed by atoms with Gasteiger partial charge in [0, 0.05) is 18.8 Å². The molecule has 0 spiro atoms. The first kappa shape index (κ1) is 22.3. The highest BCUT2D eigenvalue weighted by atomic mass is 16.6. The van der Waals surface area contributed by atoms with E-state index < -0.39 is 23.7 Å². The van der Waals surface area contributed by atoms with Crippen molar-refractivity contribution in [2.45, 2.75) is 45.3 Å². The minimum atomic E-state index is -0.658. The number of aromatic nitrogens is 2. The van der Waals surface area contributed by atoms with Gasteiger partial charge in [-0.1, -0.05) is 11.8 Å². The second-order valence-electron chi connectivity index (χ2n) is 8.30. The van der Waals surface area contributed by atoms with Crippen LogP contribution in [0.4, 0.5) is 4.79 Å². The number of carbonyl (C=O) groups excluding carboxylic acids is 2. The van der Waals surface area contributed by atoms with Crippen molar-refractivity contribution in [1.29, 1.82) is 0 Å². The van der Waals surface area contributed by atoms with Crippen LogP contribution in [0.5, 0.6) is 5.88 Å². The van der Waals surface area contributed by atoms with E-state index in [4.69, 9.17) is 14.2 Å². The van der Waals surface area contributed by atoms with E-state index in [-0.39, 0.29) is 12.5 Å². The van der Waals surface area contributed by atoms with Crippen molar-refractivity contribution in [2.75, 3.05) is 20.8 Å². The number of hydrogen-bond acceptors (Lipinski definition) is 7. The predicted octanol–water partition coefficient (Wildman–Crippen LogP) is 3.18. The van der Waals surface area contributed by atoms with Crippen LogP contribution >= 0.6 is 0 Å². The Bertz CT molecular complexity index is 1030. The van der Waals surface area contributed by atoms with Gasteiger partial charge in [-0.05, 0) is 45.7 Å². The van der Waals surface area contributed by atoms with E-state index in [9.17, 15) is 9.59 Å². The predicted molar refractivity (Wildman–Crippen MR) is 114 cm³/mol. The van der Waals surface area contributed by atoms with Gasteiger partial charge < -0.3 is 14.2 Å². The highest BCUT2D eigenvalue weighted by Gasteiger charge is 2.36. The average molecular weight is 425 g/mol. The molecule has 0 aliphatic carbocycles. The normalized spacial score (nSPS) is 18.7. The summed E-state index contributed by atoms with van der Waals surface area (Å²) in [5.74, 6) is 6.05. The summed E-state index contributed by atoms with van der Waals surface area (Å²) < 4.78 is 15.6. The minimum absolute atomic E-state index is 0.199. The van der Waals surface area contributed by atoms with E-state index in [2.05, 4.69) is 21.8 Å². The number of esters is 1. The van der Waals surface area contributed by atoms with Crippen molar-refractivity contribution >= 4 is 23.1 Å². The maximum absolute atomic E-state index is 12.8. The molecule has 0 aromatic carbocycles. The van der Waals surface area contributed by atoms with Gasteiger partial charge in [0.15, 0.2) is 0 Å². The Hall–Kier alpha value is -3.34. The molecule has 0 bridgehead atoms. The summed E-state index contributed by atoms with van der Waals surface area (Å²) in [4.78, 5) is 35.2. The summed E-state index contributed by atoms with van der Waals surface area (Å²) in [6.07, 6.45) is 2.28. The molecule has 0 unspecified atom stereocenters. The lowest BCUT2D eigenvalue weighted by atomic mass is 9.93. The summed E-state index contributed by atoms with van der Waals surface area (Å²) in [7, 11) is 2.90. The number of hydrogen-bond donors (Lipinski definition) is 0. The zero-order chi connectivity index (χ0) is 22.6. The van der Waals surface area contributed by atoms with E-state index in [0.717, 1.165) is 0 Å². The minimum Gasteiger partial charge on any atom is -0.481 e. The molecule has 2 atom stereocenters. The fraction of sp³-hybridized carbons (Fsp3) is 0.478. The number of piperidine rings is 1. The molecule has 1 fully saturated rings. The Kier molecular flexibility index (Phi) is 6.64. The van der Waals surface area contributed by atoms with E-state index in [1.165, 1.54) is 12.0 Å². The number of likely N-dealkylation sites (tertiary alicyclic amines) is 1. The number of pyridine rings is 2. The molecule has 164 valence electrons. The molecule has 3 rings (SSSR count). The lowest BCUT2D eigenvalue weighted by molar-refractivity contribution is -0.147. The lowest BCUT2D eigenvalue weighted by Gasteiger charge is -2.37. The average Bonchev–Trinajstić information content (AvgIpc) is 2.75. The summed E-state index contributed by atoms with van der Waals surface area (Å²) in [5, 5.41) is 0. The molecule has 0 N–H and O–H groups in total. The number of carbonyl (C=O) groups is 2. The molecule has 1 aliphatic heterocycles. The van der Waals surface area contributed by atoms with Gasteiger partial charge in [0.1, 0.15) is 11.1 Å². The topological polar surface area (TPSA) is 90.9 Å². The van der Waals surface area contributed by atoms with Gasteiger partial charge in [-0.2, -0.15) is 0 Å². The van der Waals surface area contributed by atoms with Crippen molar-refractivity contribution in [3.05, 3.63) is 30.0 Å². The second-order valence-corrected chi connectivity index (χ2v) is 8.30. The first-order valence-corrected chi connectivity index (χ1v) is 10.1. The van der Waals surface area contributed by atoms with Crippen molar-refractivity contribution in [1.82, 2.24) is 14.9 Å². The third kappa shape index (κ3) is 5.43. The smallest absolute Gasteiger partial charge is 0.411 e. The zero-order valence-electron chi connectivity index (χ0n) is 18.5. The Balaban J connectivity index is 1.92. The Labute approximate surface area is 181 Å². The summed E-state index contributed by atoms with van der Waals surface area (Å²) in [5.41, 5.74) is 1.35. The van der Waals surface area contributed by atoms with E-state index in [0.29, 0.717) is 35.3 Å². The first-order chi connectivity index (χ1) is 14.7. The molecule has 1 aliphatic rings. The zero-order valence-corrected chi connectivity index (χ0v) is 18.5. The standard InChI is InChI=1S/C23H27N3O5/c1-23(2,3)31-22(28)26-14-16(21(27)30-5)7-9-17(26)8-6-15-12-13-24-18-10-11-19(29-4)25-20(15)18/h10-13,16-17H,7,9,14H2,1-5H3/t16-,17-/m1/s1. The highest BCUT2D eigenvalue weighted by Crippen LogP contribution is 2.25. The van der Waals surface area contributed by atoms with Crippen LogP contribution in [0, 0.1) is 17.8 Å². The summed E-state index contributed by atoms with van der Waals surface area (Å²) in [6, 6.07) is 4.94. The maximum Gasteiger partial charge on any atom is 0.411 e. The van der Waals surface area contributed by atoms with Crippen LogP contribution in [0.15, 0.2) is 24.4 Å². The van der Waals surface area contributed by atoms with Crippen LogP contribution in [-0.2, 0) is 14.3 Å². The highest BCUT2D eigenvalue weighted by molar-refractivity contribution is 5.81. The fourth-order valence-corrected chi connectivity index (χ4v) is 3.39. The van der Waals surface area contributed by atoms with Crippen LogP contribution in [-0.4, -0.2) is 59.3 Å². The molecule has 0 radical (unpaired) electrons. The number of rotatable bonds is 2. The number of ether oxygens (including phenoxy) is 3. The SMILES string of the molecule is COC(=O)[C@@H]1CC[C@@H](C#Cc2ccnc3ccc(OC)nc23)N(C(=O)OC(C)(C)C)C1. The summed E-state index contributed by atoms with van der Waals surface area (Å²) >= 11 is 0. The molecule has 8 heteroatoms. The van der Waals surface area contributed by atoms with Gasteiger partial charge in [-0.15, -0.1) is 0 Å². The number of fused-ring (bicyclic) bond motifs is 1. The Morgan fingerprint density at radius 1 is 1.16 bits per heavy atom. The third-order valence-corrected chi connectivity index (χ3v) is 4.89. The Morgan fingerprint density at radius 3 is 2.61 bits per heavy atom. The van der Waals surface area contributed by atoms with Crippen LogP contribution < -0.4 is 4.74 Å². The molecule has 1 saturated heterocycles. The molecular formula is C23H27N3O5. The molecule has 2 aromatic heterocycles. The van der Waals surface area contributed by atoms with Gasteiger partial charge >= 0.3 is 12.1 Å². The lowest BCUT2D eigenvalue weighted by Crippen LogP contribution is -2.50. The summed E-state index contributed by atoms with van der Waals surface area (Å²) in [6.45, 7) is 5.60. The van der Waals surface area contributed by atoms with Crippen LogP contribution in [0.3, 0.4) is 0 Å². The molecule has 1 amide bonds. The van der Waals surface area contributed by atoms with Gasteiger partial charge in [0.25, 0.3) is 0 Å². The van der Waals surface area contributed by atoms with Crippen molar-refractivity contribution in [3.8, 4) is 17.7 Å². The van der Waals surface area contributed by atoms with Gasteiger partial charge in [-0.25, -0.2) is 9.78 Å². The fourth-order valence-electron chi connectivity index (χ4n) is 3.39. The van der Waals surface area contributed by atoms with Crippen LogP contribution in [0.2, 0.25) is 0 Å². The Morgan fingerprint density at radius 2 is 1.94 bits per heavy atom. The van der Waals surface area contributed by atoms with Gasteiger partial charge in [0.2, 0.25) is 5.88 Å². The number of nitrogens with zero attached hydrogens (tertiary/aromatic N) is 3. The molecule has 0 saturated carbocycles. The van der Waals surface area contributed by atoms with Crippen molar-refractivity contribution < 1.29 is 23.8 Å². The number of amides is 1. The molecular weight excluding hydrogens is 398 g/mol. The molecule has 31 heavy (non-hydrogen) atoms. The quantitative estimate of drug-likeness (QED) is 0.539. The van der Waals surface area contributed by atoms with Crippen molar-refractivity contribution in [2.24, 2.45) is 5.92 Å². The number of methoxy groups -OCH3 is 2.